The number of fused-ring (bicyclic) bond motifs is 1. The molecule has 1 aromatic heterocycles. The predicted molar refractivity (Wildman–Crippen MR) is 92.5 cm³/mol. The molecule has 0 saturated carbocycles. The van der Waals surface area contributed by atoms with Crippen LogP contribution in [0.15, 0.2) is 17.5 Å². The van der Waals surface area contributed by atoms with Crippen molar-refractivity contribution in [2.24, 2.45) is 0 Å². The van der Waals surface area contributed by atoms with Gasteiger partial charge in [0.05, 0.1) is 17.8 Å². The van der Waals surface area contributed by atoms with E-state index >= 15 is 0 Å². The van der Waals surface area contributed by atoms with Crippen molar-refractivity contribution in [2.45, 2.75) is 25.5 Å². The summed E-state index contributed by atoms with van der Waals surface area (Å²) >= 11 is 13.6. The number of thiazole rings is 1. The Morgan fingerprint density at radius 2 is 2.22 bits per heavy atom. The first-order valence-corrected chi connectivity index (χ1v) is 8.62. The number of halogens is 2. The zero-order valence-electron chi connectivity index (χ0n) is 12.5. The van der Waals surface area contributed by atoms with Gasteiger partial charge in [-0.1, -0.05) is 23.2 Å². The number of hydrogen-bond donors (Lipinski definition) is 2. The van der Waals surface area contributed by atoms with Gasteiger partial charge in [0.1, 0.15) is 0 Å². The number of urea groups is 1. The third kappa shape index (κ3) is 3.17. The summed E-state index contributed by atoms with van der Waals surface area (Å²) in [5.41, 5.74) is 2.46. The number of carbonyl (C=O) groups excluding carboxylic acids is 1. The molecule has 1 aliphatic carbocycles. The van der Waals surface area contributed by atoms with E-state index in [1.54, 1.807) is 19.2 Å². The van der Waals surface area contributed by atoms with Crippen molar-refractivity contribution in [3.05, 3.63) is 44.4 Å². The topological polar surface area (TPSA) is 65.5 Å². The lowest BCUT2D eigenvalue weighted by atomic mass is 10.1. The Balaban J connectivity index is 1.85. The van der Waals surface area contributed by atoms with Gasteiger partial charge < -0.3 is 10.0 Å². The highest BCUT2D eigenvalue weighted by molar-refractivity contribution is 7.13. The fourth-order valence-electron chi connectivity index (χ4n) is 2.81. The summed E-state index contributed by atoms with van der Waals surface area (Å²) in [4.78, 5) is 18.1. The summed E-state index contributed by atoms with van der Waals surface area (Å²) < 4.78 is 0. The first kappa shape index (κ1) is 16.5. The van der Waals surface area contributed by atoms with Gasteiger partial charge in [-0.15, -0.1) is 11.3 Å². The highest BCUT2D eigenvalue weighted by atomic mass is 35.5. The van der Waals surface area contributed by atoms with Crippen molar-refractivity contribution in [2.75, 3.05) is 12.4 Å². The van der Waals surface area contributed by atoms with Crippen molar-refractivity contribution in [3.63, 3.8) is 0 Å². The average Bonchev–Trinajstić information content (AvgIpc) is 3.01. The smallest absolute Gasteiger partial charge is 0.323 e. The van der Waals surface area contributed by atoms with E-state index in [4.69, 9.17) is 23.2 Å². The summed E-state index contributed by atoms with van der Waals surface area (Å²) in [6.45, 7) is 1.86. The van der Waals surface area contributed by atoms with Crippen LogP contribution in [0.4, 0.5) is 9.93 Å². The van der Waals surface area contributed by atoms with E-state index in [0.717, 1.165) is 16.8 Å². The van der Waals surface area contributed by atoms with Gasteiger partial charge in [-0.3, -0.25) is 5.32 Å². The second-order valence-electron chi connectivity index (χ2n) is 5.51. The second kappa shape index (κ2) is 6.28. The summed E-state index contributed by atoms with van der Waals surface area (Å²) in [6.07, 6.45) is -0.334. The van der Waals surface area contributed by atoms with Crippen molar-refractivity contribution in [1.29, 1.82) is 0 Å². The molecule has 1 aromatic carbocycles. The molecule has 5 nitrogen and oxygen atoms in total. The molecule has 2 atom stereocenters. The van der Waals surface area contributed by atoms with Crippen LogP contribution in [0.5, 0.6) is 0 Å². The van der Waals surface area contributed by atoms with E-state index < -0.39 is 12.1 Å². The Morgan fingerprint density at radius 3 is 2.87 bits per heavy atom. The Labute approximate surface area is 147 Å². The van der Waals surface area contributed by atoms with Crippen molar-refractivity contribution < 1.29 is 9.90 Å². The van der Waals surface area contributed by atoms with Gasteiger partial charge in [-0.05, 0) is 30.2 Å². The molecular formula is C15H15Cl2N3O2S. The molecular weight excluding hydrogens is 357 g/mol. The Hall–Kier alpha value is -1.34. The van der Waals surface area contributed by atoms with Crippen molar-refractivity contribution in [3.8, 4) is 0 Å². The molecule has 8 heteroatoms. The zero-order valence-corrected chi connectivity index (χ0v) is 14.8. The van der Waals surface area contributed by atoms with Crippen LogP contribution in [0.25, 0.3) is 0 Å². The number of aliphatic hydroxyl groups excluding tert-OH is 1. The highest BCUT2D eigenvalue weighted by Crippen LogP contribution is 2.41. The number of carbonyl (C=O) groups is 1. The van der Waals surface area contributed by atoms with E-state index in [9.17, 15) is 9.90 Å². The van der Waals surface area contributed by atoms with Crippen LogP contribution in [-0.2, 0) is 6.42 Å². The normalized spacial score (nSPS) is 19.5. The Kier molecular flexibility index (Phi) is 4.51. The molecule has 0 saturated heterocycles. The molecule has 1 aliphatic rings. The second-order valence-corrected chi connectivity index (χ2v) is 7.21. The quantitative estimate of drug-likeness (QED) is 0.841. The molecule has 2 N–H and O–H groups in total. The fourth-order valence-corrected chi connectivity index (χ4v) is 4.08. The predicted octanol–water partition coefficient (Wildman–Crippen LogP) is 3.88. The molecule has 1 heterocycles. The van der Waals surface area contributed by atoms with Gasteiger partial charge in [0.25, 0.3) is 0 Å². The Bertz CT molecular complexity index is 765. The van der Waals surface area contributed by atoms with Crippen LogP contribution in [0, 0.1) is 6.92 Å². The minimum Gasteiger partial charge on any atom is -0.390 e. The molecule has 2 unspecified atom stereocenters. The lowest BCUT2D eigenvalue weighted by Crippen LogP contribution is -2.38. The average molecular weight is 372 g/mol. The van der Waals surface area contributed by atoms with Crippen molar-refractivity contribution in [1.82, 2.24) is 9.88 Å². The molecule has 23 heavy (non-hydrogen) atoms. The standard InChI is InChI=1S/C15H15Cl2N3O2S/c1-7-6-23-14(18-7)19-15(22)20(2)13-10-3-8(16)4-11(17)9(10)5-12(13)21/h3-4,6,12-13,21H,5H2,1-2H3,(H,18,19,22). The first-order valence-electron chi connectivity index (χ1n) is 6.98. The van der Waals surface area contributed by atoms with Gasteiger partial charge in [0.15, 0.2) is 5.13 Å². The summed E-state index contributed by atoms with van der Waals surface area (Å²) in [6, 6.07) is 2.56. The summed E-state index contributed by atoms with van der Waals surface area (Å²) in [5, 5.41) is 16.5. The number of likely N-dealkylation sites (N-methyl/N-ethyl adjacent to an activating group) is 1. The molecule has 3 rings (SSSR count). The van der Waals surface area contributed by atoms with Crippen LogP contribution in [0.1, 0.15) is 22.9 Å². The largest absolute Gasteiger partial charge is 0.390 e. The summed E-state index contributed by atoms with van der Waals surface area (Å²) in [7, 11) is 1.63. The fraction of sp³-hybridized carbons (Fsp3) is 0.333. The van der Waals surface area contributed by atoms with Crippen LogP contribution in [0.3, 0.4) is 0 Å². The number of amides is 2. The third-order valence-electron chi connectivity index (χ3n) is 3.86. The van der Waals surface area contributed by atoms with E-state index in [2.05, 4.69) is 10.3 Å². The molecule has 2 amide bonds. The van der Waals surface area contributed by atoms with Crippen LogP contribution < -0.4 is 5.32 Å². The Morgan fingerprint density at radius 1 is 1.48 bits per heavy atom. The van der Waals surface area contributed by atoms with E-state index in [1.807, 2.05) is 12.3 Å². The third-order valence-corrected chi connectivity index (χ3v) is 5.29. The number of aryl methyl sites for hydroxylation is 1. The molecule has 2 aromatic rings. The number of nitrogens with one attached hydrogen (secondary N) is 1. The van der Waals surface area contributed by atoms with E-state index in [-0.39, 0.29) is 6.03 Å². The molecule has 0 radical (unpaired) electrons. The molecule has 0 fully saturated rings. The number of rotatable bonds is 2. The highest BCUT2D eigenvalue weighted by Gasteiger charge is 2.37. The maximum atomic E-state index is 12.4. The van der Waals surface area contributed by atoms with E-state index in [0.29, 0.717) is 21.6 Å². The van der Waals surface area contributed by atoms with Crippen LogP contribution >= 0.6 is 34.5 Å². The number of hydrogen-bond acceptors (Lipinski definition) is 4. The van der Waals surface area contributed by atoms with Gasteiger partial charge in [0, 0.05) is 28.9 Å². The monoisotopic (exact) mass is 371 g/mol. The molecule has 0 spiro atoms. The van der Waals surface area contributed by atoms with Crippen molar-refractivity contribution >= 4 is 45.7 Å². The SMILES string of the molecule is Cc1csc(NC(=O)N(C)C2c3cc(Cl)cc(Cl)c3CC2O)n1. The number of aromatic nitrogens is 1. The van der Waals surface area contributed by atoms with Crippen LogP contribution in [0.2, 0.25) is 10.0 Å². The van der Waals surface area contributed by atoms with Gasteiger partial charge in [-0.2, -0.15) is 0 Å². The number of anilines is 1. The molecule has 0 aliphatic heterocycles. The lowest BCUT2D eigenvalue weighted by Gasteiger charge is -2.28. The van der Waals surface area contributed by atoms with E-state index in [1.165, 1.54) is 16.2 Å². The number of benzene rings is 1. The minimum atomic E-state index is -0.727. The maximum absolute atomic E-state index is 12.4. The molecule has 0 bridgehead atoms. The number of aliphatic hydroxyl groups is 1. The zero-order chi connectivity index (χ0) is 16.7. The summed E-state index contributed by atoms with van der Waals surface area (Å²) in [5.74, 6) is 0. The van der Waals surface area contributed by atoms with Gasteiger partial charge in [0.2, 0.25) is 0 Å². The van der Waals surface area contributed by atoms with Gasteiger partial charge >= 0.3 is 6.03 Å². The van der Waals surface area contributed by atoms with Crippen LogP contribution in [-0.4, -0.2) is 34.2 Å². The minimum absolute atomic E-state index is 0.340. The van der Waals surface area contributed by atoms with Gasteiger partial charge in [-0.25, -0.2) is 9.78 Å². The molecule has 122 valence electrons. The maximum Gasteiger partial charge on any atom is 0.323 e. The lowest BCUT2D eigenvalue weighted by molar-refractivity contribution is 0.0934. The number of nitrogens with zero attached hydrogens (tertiary/aromatic N) is 2. The first-order chi connectivity index (χ1) is 10.9.